The third-order valence-corrected chi connectivity index (χ3v) is 6.81. The van der Waals surface area contributed by atoms with Gasteiger partial charge in [0, 0.05) is 20.2 Å². The van der Waals surface area contributed by atoms with Gasteiger partial charge in [-0.25, -0.2) is 4.98 Å². The number of carbonyl (C=O) groups is 1. The lowest BCUT2D eigenvalue weighted by molar-refractivity contribution is -0.131. The van der Waals surface area contributed by atoms with E-state index in [0.29, 0.717) is 6.54 Å². The molecule has 0 aliphatic carbocycles. The molecule has 2 atom stereocenters. The summed E-state index contributed by atoms with van der Waals surface area (Å²) in [5.74, 6) is 0.767. The first-order valence-electron chi connectivity index (χ1n) is 11.2. The molecule has 0 saturated carbocycles. The molecule has 2 aliphatic heterocycles. The van der Waals surface area contributed by atoms with Crippen molar-refractivity contribution in [1.82, 2.24) is 20.2 Å². The summed E-state index contributed by atoms with van der Waals surface area (Å²) >= 11 is 0. The number of imidazole rings is 1. The van der Waals surface area contributed by atoms with E-state index in [1.807, 2.05) is 50.8 Å². The van der Waals surface area contributed by atoms with E-state index in [0.717, 1.165) is 35.2 Å². The summed E-state index contributed by atoms with van der Waals surface area (Å²) in [4.78, 5) is 22.8. The third kappa shape index (κ3) is 4.42. The molecule has 2 saturated heterocycles. The second-order valence-corrected chi connectivity index (χ2v) is 9.55. The molecule has 2 fully saturated rings. The van der Waals surface area contributed by atoms with Crippen molar-refractivity contribution in [1.29, 1.82) is 0 Å². The Morgan fingerprint density at radius 2 is 2.09 bits per heavy atom. The van der Waals surface area contributed by atoms with E-state index in [1.54, 1.807) is 0 Å². The van der Waals surface area contributed by atoms with Crippen molar-refractivity contribution in [2.45, 2.75) is 64.1 Å². The zero-order valence-electron chi connectivity index (χ0n) is 19.5. The van der Waals surface area contributed by atoms with Crippen molar-refractivity contribution in [2.24, 2.45) is 0 Å². The SMILES string of the molecule is COC(O)CNCC(=O)N1CCCC1c1nc2ccc(B3OC(C)(C)C(C)(C)O3)cc2[nH]1. The number of nitrogens with one attached hydrogen (secondary N) is 2. The Labute approximate surface area is 189 Å². The van der Waals surface area contributed by atoms with Gasteiger partial charge < -0.3 is 34.4 Å². The second kappa shape index (κ2) is 8.76. The van der Waals surface area contributed by atoms with Gasteiger partial charge in [-0.05, 0) is 58.1 Å². The zero-order valence-corrected chi connectivity index (χ0v) is 19.5. The van der Waals surface area contributed by atoms with Gasteiger partial charge in [0.05, 0.1) is 34.8 Å². The van der Waals surface area contributed by atoms with E-state index in [1.165, 1.54) is 7.11 Å². The van der Waals surface area contributed by atoms with Crippen LogP contribution in [0, 0.1) is 0 Å². The van der Waals surface area contributed by atoms with Crippen molar-refractivity contribution in [3.8, 4) is 0 Å². The van der Waals surface area contributed by atoms with Gasteiger partial charge in [-0.1, -0.05) is 6.07 Å². The highest BCUT2D eigenvalue weighted by molar-refractivity contribution is 6.62. The number of methoxy groups -OCH3 is 1. The molecule has 0 radical (unpaired) electrons. The Morgan fingerprint density at radius 1 is 1.38 bits per heavy atom. The van der Waals surface area contributed by atoms with Gasteiger partial charge in [0.15, 0.2) is 6.29 Å². The van der Waals surface area contributed by atoms with Gasteiger partial charge in [-0.15, -0.1) is 0 Å². The van der Waals surface area contributed by atoms with Crippen LogP contribution in [0.5, 0.6) is 0 Å². The monoisotopic (exact) mass is 444 g/mol. The van der Waals surface area contributed by atoms with Gasteiger partial charge in [0.2, 0.25) is 5.91 Å². The number of hydrogen-bond donors (Lipinski definition) is 3. The molecule has 9 nitrogen and oxygen atoms in total. The molecule has 3 heterocycles. The van der Waals surface area contributed by atoms with E-state index in [-0.39, 0.29) is 25.0 Å². The first-order valence-corrected chi connectivity index (χ1v) is 11.2. The Kier molecular flexibility index (Phi) is 6.35. The summed E-state index contributed by atoms with van der Waals surface area (Å²) in [6, 6.07) is 5.87. The number of fused-ring (bicyclic) bond motifs is 1. The predicted octanol–water partition coefficient (Wildman–Crippen LogP) is 1.08. The predicted molar refractivity (Wildman–Crippen MR) is 121 cm³/mol. The molecule has 1 amide bonds. The Balaban J connectivity index is 1.48. The average Bonchev–Trinajstić information content (AvgIpc) is 3.42. The number of hydrogen-bond acceptors (Lipinski definition) is 7. The number of aromatic nitrogens is 2. The molecule has 2 unspecified atom stereocenters. The normalized spacial score (nSPS) is 23.2. The van der Waals surface area contributed by atoms with Crippen LogP contribution in [-0.2, 0) is 18.8 Å². The highest BCUT2D eigenvalue weighted by Crippen LogP contribution is 2.37. The molecule has 0 bridgehead atoms. The lowest BCUT2D eigenvalue weighted by Gasteiger charge is -2.32. The molecular formula is C22H33BN4O5. The molecule has 0 spiro atoms. The van der Waals surface area contributed by atoms with E-state index in [9.17, 15) is 9.90 Å². The first-order chi connectivity index (χ1) is 15.1. The largest absolute Gasteiger partial charge is 0.494 e. The minimum absolute atomic E-state index is 0.0193. The minimum Gasteiger partial charge on any atom is -0.399 e. The number of rotatable bonds is 7. The summed E-state index contributed by atoms with van der Waals surface area (Å²) in [5.41, 5.74) is 1.88. The van der Waals surface area contributed by atoms with Crippen LogP contribution in [0.4, 0.5) is 0 Å². The van der Waals surface area contributed by atoms with Crippen LogP contribution >= 0.6 is 0 Å². The fraction of sp³-hybridized carbons (Fsp3) is 0.636. The molecule has 4 rings (SSSR count). The maximum Gasteiger partial charge on any atom is 0.494 e. The third-order valence-electron chi connectivity index (χ3n) is 6.81. The Morgan fingerprint density at radius 3 is 2.78 bits per heavy atom. The lowest BCUT2D eigenvalue weighted by atomic mass is 9.79. The number of H-pyrrole nitrogens is 1. The number of amides is 1. The van der Waals surface area contributed by atoms with Crippen LogP contribution < -0.4 is 10.8 Å². The molecule has 2 aromatic rings. The van der Waals surface area contributed by atoms with Crippen LogP contribution in [0.1, 0.15) is 52.4 Å². The highest BCUT2D eigenvalue weighted by Gasteiger charge is 2.51. The van der Waals surface area contributed by atoms with Crippen molar-refractivity contribution in [3.63, 3.8) is 0 Å². The van der Waals surface area contributed by atoms with Gasteiger partial charge in [-0.3, -0.25) is 4.79 Å². The molecule has 2 aliphatic rings. The van der Waals surface area contributed by atoms with Crippen LogP contribution in [0.15, 0.2) is 18.2 Å². The summed E-state index contributed by atoms with van der Waals surface area (Å²) in [5, 5.41) is 12.4. The lowest BCUT2D eigenvalue weighted by Crippen LogP contribution is -2.41. The van der Waals surface area contributed by atoms with Crippen molar-refractivity contribution in [3.05, 3.63) is 24.0 Å². The molecule has 10 heteroatoms. The fourth-order valence-electron chi connectivity index (χ4n) is 4.17. The Hall–Kier alpha value is -1.98. The number of ether oxygens (including phenoxy) is 1. The minimum atomic E-state index is -0.925. The highest BCUT2D eigenvalue weighted by atomic mass is 16.7. The van der Waals surface area contributed by atoms with Crippen LogP contribution in [0.25, 0.3) is 11.0 Å². The van der Waals surface area contributed by atoms with Crippen LogP contribution in [0.2, 0.25) is 0 Å². The second-order valence-electron chi connectivity index (χ2n) is 9.55. The maximum absolute atomic E-state index is 12.7. The summed E-state index contributed by atoms with van der Waals surface area (Å²) in [7, 11) is 0.985. The summed E-state index contributed by atoms with van der Waals surface area (Å²) in [6.45, 7) is 9.18. The van der Waals surface area contributed by atoms with Crippen LogP contribution in [-0.4, -0.2) is 77.2 Å². The van der Waals surface area contributed by atoms with Crippen LogP contribution in [0.3, 0.4) is 0 Å². The molecule has 32 heavy (non-hydrogen) atoms. The number of nitrogens with zero attached hydrogens (tertiary/aromatic N) is 2. The number of aliphatic hydroxyl groups is 1. The number of aromatic amines is 1. The molecule has 1 aromatic carbocycles. The quantitative estimate of drug-likeness (QED) is 0.433. The fourth-order valence-corrected chi connectivity index (χ4v) is 4.17. The number of likely N-dealkylation sites (tertiary alicyclic amines) is 1. The van der Waals surface area contributed by atoms with Gasteiger partial charge in [-0.2, -0.15) is 0 Å². The van der Waals surface area contributed by atoms with E-state index in [2.05, 4.69) is 10.3 Å². The van der Waals surface area contributed by atoms with Crippen molar-refractivity contribution in [2.75, 3.05) is 26.7 Å². The number of carbonyl (C=O) groups excluding carboxylic acids is 1. The zero-order chi connectivity index (χ0) is 23.1. The Bertz CT molecular complexity index is 962. The van der Waals surface area contributed by atoms with Gasteiger partial charge in [0.25, 0.3) is 0 Å². The number of benzene rings is 1. The summed E-state index contributed by atoms with van der Waals surface area (Å²) in [6.07, 6.45) is 0.856. The molecule has 1 aromatic heterocycles. The first kappa shape index (κ1) is 23.2. The smallest absolute Gasteiger partial charge is 0.399 e. The summed E-state index contributed by atoms with van der Waals surface area (Å²) < 4.78 is 17.1. The maximum atomic E-state index is 12.7. The van der Waals surface area contributed by atoms with E-state index in [4.69, 9.17) is 19.0 Å². The van der Waals surface area contributed by atoms with E-state index >= 15 is 0 Å². The van der Waals surface area contributed by atoms with Gasteiger partial charge in [0.1, 0.15) is 5.82 Å². The van der Waals surface area contributed by atoms with E-state index < -0.39 is 24.6 Å². The topological polar surface area (TPSA) is 109 Å². The van der Waals surface area contributed by atoms with Gasteiger partial charge >= 0.3 is 7.12 Å². The molecule has 174 valence electrons. The molecule has 3 N–H and O–H groups in total. The van der Waals surface area contributed by atoms with Crippen molar-refractivity contribution >= 4 is 29.5 Å². The van der Waals surface area contributed by atoms with Crippen molar-refractivity contribution < 1.29 is 23.9 Å². The molecular weight excluding hydrogens is 411 g/mol. The average molecular weight is 444 g/mol. The standard InChI is InChI=1S/C22H33BN4O5/c1-21(2)22(3,4)32-23(31-21)14-8-9-15-16(11-14)26-20(25-15)17-7-6-10-27(17)18(28)12-24-13-19(29)30-5/h8-9,11,17,19,24,29H,6-7,10,12-13H2,1-5H3,(H,25,26). The number of aliphatic hydroxyl groups excluding tert-OH is 1.